The largest absolute Gasteiger partial charge is 0.341 e. The van der Waals surface area contributed by atoms with Gasteiger partial charge in [-0.05, 0) is 30.0 Å². The van der Waals surface area contributed by atoms with E-state index in [0.29, 0.717) is 24.1 Å². The van der Waals surface area contributed by atoms with Gasteiger partial charge in [-0.3, -0.25) is 19.4 Å². The molecule has 1 aromatic rings. The summed E-state index contributed by atoms with van der Waals surface area (Å²) in [6.45, 7) is 13.8. The first-order valence-corrected chi connectivity index (χ1v) is 10.5. The molecule has 29 heavy (non-hydrogen) atoms. The van der Waals surface area contributed by atoms with Crippen LogP contribution in [0.2, 0.25) is 0 Å². The van der Waals surface area contributed by atoms with Crippen molar-refractivity contribution in [3.8, 4) is 0 Å². The van der Waals surface area contributed by atoms with Crippen LogP contribution >= 0.6 is 0 Å². The molecule has 1 aromatic carbocycles. The Bertz CT molecular complexity index is 663. The van der Waals surface area contributed by atoms with Gasteiger partial charge in [0.2, 0.25) is 11.8 Å². The third-order valence-electron chi connectivity index (χ3n) is 4.82. The summed E-state index contributed by atoms with van der Waals surface area (Å²) >= 11 is 0. The van der Waals surface area contributed by atoms with Gasteiger partial charge in [0.1, 0.15) is 5.82 Å². The van der Waals surface area contributed by atoms with Gasteiger partial charge < -0.3 is 10.2 Å². The van der Waals surface area contributed by atoms with Crippen molar-refractivity contribution in [2.45, 2.75) is 27.7 Å². The average molecular weight is 407 g/mol. The van der Waals surface area contributed by atoms with Crippen LogP contribution in [0.15, 0.2) is 24.3 Å². The van der Waals surface area contributed by atoms with Gasteiger partial charge in [-0.25, -0.2) is 4.39 Å². The first-order valence-electron chi connectivity index (χ1n) is 10.5. The number of rotatable bonds is 9. The highest BCUT2D eigenvalue weighted by atomic mass is 19.1. The second kappa shape index (κ2) is 11.3. The number of carbonyl (C=O) groups is 2. The Kier molecular flexibility index (Phi) is 9.04. The molecule has 1 aliphatic rings. The van der Waals surface area contributed by atoms with Gasteiger partial charge in [0.15, 0.2) is 0 Å². The number of hydrogen-bond acceptors (Lipinski definition) is 4. The Hall–Kier alpha value is -1.99. The van der Waals surface area contributed by atoms with E-state index in [-0.39, 0.29) is 24.2 Å². The second-order valence-corrected chi connectivity index (χ2v) is 8.70. The smallest absolute Gasteiger partial charge is 0.238 e. The standard InChI is InChI=1S/C22H35FN4O2/c1-17(2)13-27(14-18(3)4)22(29)16-26-10-8-25(9-11-26)15-21(28)24-20-7-5-6-19(23)12-20/h5-7,12,17-18H,8-11,13-16H2,1-4H3,(H,24,28). The first-order chi connectivity index (χ1) is 13.7. The fraction of sp³-hybridized carbons (Fsp3) is 0.636. The molecule has 162 valence electrons. The summed E-state index contributed by atoms with van der Waals surface area (Å²) in [5.74, 6) is 0.562. The fourth-order valence-corrected chi connectivity index (χ4v) is 3.53. The molecule has 0 saturated carbocycles. The zero-order valence-corrected chi connectivity index (χ0v) is 18.2. The lowest BCUT2D eigenvalue weighted by atomic mass is 10.1. The minimum atomic E-state index is -0.370. The first kappa shape index (κ1) is 23.3. The molecule has 1 aliphatic heterocycles. The molecular weight excluding hydrogens is 371 g/mol. The molecule has 0 radical (unpaired) electrons. The third kappa shape index (κ3) is 8.50. The van der Waals surface area contributed by atoms with Gasteiger partial charge in [0, 0.05) is 45.0 Å². The van der Waals surface area contributed by atoms with Crippen LogP contribution in [0.25, 0.3) is 0 Å². The summed E-state index contributed by atoms with van der Waals surface area (Å²) in [5, 5.41) is 2.73. The summed E-state index contributed by atoms with van der Waals surface area (Å²) in [6, 6.07) is 5.90. The number of benzene rings is 1. The van der Waals surface area contributed by atoms with E-state index in [9.17, 15) is 14.0 Å². The molecule has 2 amide bonds. The molecule has 0 atom stereocenters. The van der Waals surface area contributed by atoms with Gasteiger partial charge >= 0.3 is 0 Å². The molecule has 2 rings (SSSR count). The fourth-order valence-electron chi connectivity index (χ4n) is 3.53. The number of piperazine rings is 1. The van der Waals surface area contributed by atoms with Crippen LogP contribution in [-0.2, 0) is 9.59 Å². The van der Waals surface area contributed by atoms with E-state index < -0.39 is 0 Å². The van der Waals surface area contributed by atoms with Crippen LogP contribution < -0.4 is 5.32 Å². The average Bonchev–Trinajstić information content (AvgIpc) is 2.62. The quantitative estimate of drug-likeness (QED) is 0.685. The van der Waals surface area contributed by atoms with Crippen LogP contribution in [0.4, 0.5) is 10.1 Å². The van der Waals surface area contributed by atoms with E-state index in [2.05, 4.69) is 42.8 Å². The molecule has 0 bridgehead atoms. The molecule has 0 aromatic heterocycles. The molecule has 0 aliphatic carbocycles. The maximum Gasteiger partial charge on any atom is 0.238 e. The summed E-state index contributed by atoms with van der Waals surface area (Å²) in [4.78, 5) is 31.2. The summed E-state index contributed by atoms with van der Waals surface area (Å²) in [6.07, 6.45) is 0. The molecule has 7 heteroatoms. The number of anilines is 1. The van der Waals surface area contributed by atoms with Crippen LogP contribution in [0.3, 0.4) is 0 Å². The topological polar surface area (TPSA) is 55.9 Å². The summed E-state index contributed by atoms with van der Waals surface area (Å²) < 4.78 is 13.2. The highest BCUT2D eigenvalue weighted by Crippen LogP contribution is 2.10. The van der Waals surface area contributed by atoms with Crippen LogP contribution in [0.5, 0.6) is 0 Å². The number of amides is 2. The van der Waals surface area contributed by atoms with Crippen LogP contribution in [0, 0.1) is 17.7 Å². The maximum atomic E-state index is 13.2. The summed E-state index contributed by atoms with van der Waals surface area (Å²) in [7, 11) is 0. The number of hydrogen-bond donors (Lipinski definition) is 1. The highest BCUT2D eigenvalue weighted by Gasteiger charge is 2.23. The minimum Gasteiger partial charge on any atom is -0.341 e. The van der Waals surface area contributed by atoms with Crippen molar-refractivity contribution < 1.29 is 14.0 Å². The number of halogens is 1. The second-order valence-electron chi connectivity index (χ2n) is 8.70. The monoisotopic (exact) mass is 406 g/mol. The lowest BCUT2D eigenvalue weighted by Gasteiger charge is -2.35. The van der Waals surface area contributed by atoms with E-state index in [1.807, 2.05) is 4.90 Å². The third-order valence-corrected chi connectivity index (χ3v) is 4.82. The SMILES string of the molecule is CC(C)CN(CC(C)C)C(=O)CN1CCN(CC(=O)Nc2cccc(F)c2)CC1. The Morgan fingerprint density at radius 1 is 1.00 bits per heavy atom. The van der Waals surface area contributed by atoms with E-state index >= 15 is 0 Å². The normalized spacial score (nSPS) is 15.7. The minimum absolute atomic E-state index is 0.153. The molecule has 6 nitrogen and oxygen atoms in total. The zero-order chi connectivity index (χ0) is 21.4. The number of nitrogens with zero attached hydrogens (tertiary/aromatic N) is 3. The van der Waals surface area contributed by atoms with Crippen LogP contribution in [-0.4, -0.2) is 78.9 Å². The van der Waals surface area contributed by atoms with Gasteiger partial charge in [-0.1, -0.05) is 33.8 Å². The molecule has 1 saturated heterocycles. The van der Waals surface area contributed by atoms with E-state index in [4.69, 9.17) is 0 Å². The Labute approximate surface area is 174 Å². The summed E-state index contributed by atoms with van der Waals surface area (Å²) in [5.41, 5.74) is 0.467. The molecule has 1 fully saturated rings. The lowest BCUT2D eigenvalue weighted by molar-refractivity contribution is -0.134. The van der Waals surface area contributed by atoms with E-state index in [1.54, 1.807) is 12.1 Å². The van der Waals surface area contributed by atoms with Gasteiger partial charge in [-0.2, -0.15) is 0 Å². The number of nitrogens with one attached hydrogen (secondary N) is 1. The van der Waals surface area contributed by atoms with Gasteiger partial charge in [0.25, 0.3) is 0 Å². The van der Waals surface area contributed by atoms with Crippen molar-refractivity contribution in [1.82, 2.24) is 14.7 Å². The van der Waals surface area contributed by atoms with E-state index in [1.165, 1.54) is 12.1 Å². The predicted octanol–water partition coefficient (Wildman–Crippen LogP) is 2.52. The van der Waals surface area contributed by atoms with Crippen molar-refractivity contribution in [1.29, 1.82) is 0 Å². The van der Waals surface area contributed by atoms with Crippen LogP contribution in [0.1, 0.15) is 27.7 Å². The van der Waals surface area contributed by atoms with E-state index in [0.717, 1.165) is 39.3 Å². The van der Waals surface area contributed by atoms with Crippen molar-refractivity contribution >= 4 is 17.5 Å². The van der Waals surface area contributed by atoms with Crippen molar-refractivity contribution in [3.05, 3.63) is 30.1 Å². The number of carbonyl (C=O) groups excluding carboxylic acids is 2. The van der Waals surface area contributed by atoms with Gasteiger partial charge in [-0.15, -0.1) is 0 Å². The zero-order valence-electron chi connectivity index (χ0n) is 18.2. The maximum absolute atomic E-state index is 13.2. The van der Waals surface area contributed by atoms with Gasteiger partial charge in [0.05, 0.1) is 13.1 Å². The Morgan fingerprint density at radius 3 is 2.07 bits per heavy atom. The lowest BCUT2D eigenvalue weighted by Crippen LogP contribution is -2.52. The molecule has 0 spiro atoms. The predicted molar refractivity (Wildman–Crippen MR) is 114 cm³/mol. The molecule has 0 unspecified atom stereocenters. The van der Waals surface area contributed by atoms with Crippen molar-refractivity contribution in [3.63, 3.8) is 0 Å². The van der Waals surface area contributed by atoms with Crippen molar-refractivity contribution in [2.75, 3.05) is 57.7 Å². The van der Waals surface area contributed by atoms with Crippen molar-refractivity contribution in [2.24, 2.45) is 11.8 Å². The molecule has 1 N–H and O–H groups in total. The Morgan fingerprint density at radius 2 is 1.55 bits per heavy atom. The Balaban J connectivity index is 1.76. The molecular formula is C22H35FN4O2. The highest BCUT2D eigenvalue weighted by molar-refractivity contribution is 5.92. The molecule has 1 heterocycles.